The van der Waals surface area contributed by atoms with Crippen LogP contribution in [0.4, 0.5) is 0 Å². The molecule has 3 nitrogen and oxygen atoms in total. The highest BCUT2D eigenvalue weighted by Crippen LogP contribution is 2.13. The molecule has 1 aliphatic heterocycles. The second-order valence-electron chi connectivity index (χ2n) is 2.23. The molecular formula is C7H13Cl2NO2S. The fraction of sp³-hybridized carbons (Fsp3) is 0.571. The zero-order chi connectivity index (χ0) is 8.10. The van der Waals surface area contributed by atoms with Crippen LogP contribution in [-0.2, 0) is 9.53 Å². The highest BCUT2D eigenvalue weighted by atomic mass is 35.5. The summed E-state index contributed by atoms with van der Waals surface area (Å²) in [6.45, 7) is 2.71. The largest absolute Gasteiger partial charge is 0.464 e. The van der Waals surface area contributed by atoms with E-state index in [1.54, 1.807) is 11.8 Å². The predicted molar refractivity (Wildman–Crippen MR) is 59.4 cm³/mol. The van der Waals surface area contributed by atoms with E-state index in [0.29, 0.717) is 6.61 Å². The third kappa shape index (κ3) is 7.05. The summed E-state index contributed by atoms with van der Waals surface area (Å²) in [4.78, 5) is 12.5. The third-order valence-electron chi connectivity index (χ3n) is 1.29. The van der Waals surface area contributed by atoms with Crippen molar-refractivity contribution in [2.75, 3.05) is 19.0 Å². The first-order valence-corrected chi connectivity index (χ1v) is 4.49. The monoisotopic (exact) mass is 245 g/mol. The summed E-state index contributed by atoms with van der Waals surface area (Å²) >= 11 is 1.75. The fourth-order valence-corrected chi connectivity index (χ4v) is 1.51. The molecule has 0 aromatic heterocycles. The van der Waals surface area contributed by atoms with Crippen LogP contribution in [0.2, 0.25) is 0 Å². The maximum Gasteiger partial charge on any atom is 0.302 e. The average molecular weight is 246 g/mol. The quantitative estimate of drug-likeness (QED) is 0.711. The Morgan fingerprint density at radius 3 is 2.77 bits per heavy atom. The fourth-order valence-electron chi connectivity index (χ4n) is 0.757. The van der Waals surface area contributed by atoms with E-state index in [1.165, 1.54) is 6.92 Å². The molecule has 1 rings (SSSR count). The molecule has 6 heteroatoms. The van der Waals surface area contributed by atoms with Crippen molar-refractivity contribution in [3.63, 3.8) is 0 Å². The van der Waals surface area contributed by atoms with Gasteiger partial charge < -0.3 is 9.64 Å². The number of ether oxygens (including phenoxy) is 1. The number of esters is 1. The molecule has 0 radical (unpaired) electrons. The molecule has 0 bridgehead atoms. The summed E-state index contributed by atoms with van der Waals surface area (Å²) in [5, 5.41) is 2.04. The Morgan fingerprint density at radius 2 is 2.31 bits per heavy atom. The second kappa shape index (κ2) is 8.53. The van der Waals surface area contributed by atoms with Gasteiger partial charge in [-0.2, -0.15) is 0 Å². The molecule has 0 aliphatic carbocycles. The van der Waals surface area contributed by atoms with E-state index in [0.717, 1.165) is 12.4 Å². The van der Waals surface area contributed by atoms with E-state index in [1.807, 2.05) is 11.6 Å². The van der Waals surface area contributed by atoms with Crippen molar-refractivity contribution in [3.8, 4) is 0 Å². The van der Waals surface area contributed by atoms with Gasteiger partial charge in [-0.3, -0.25) is 4.79 Å². The molecule has 0 N–H and O–H groups in total. The first kappa shape index (κ1) is 15.4. The molecule has 0 spiro atoms. The lowest BCUT2D eigenvalue weighted by Crippen LogP contribution is -2.20. The molecule has 78 valence electrons. The van der Waals surface area contributed by atoms with E-state index in [9.17, 15) is 4.79 Å². The summed E-state index contributed by atoms with van der Waals surface area (Å²) in [5.74, 6) is 0.766. The molecule has 0 unspecified atom stereocenters. The van der Waals surface area contributed by atoms with Crippen LogP contribution in [0.15, 0.2) is 11.6 Å². The van der Waals surface area contributed by atoms with Gasteiger partial charge in [-0.25, -0.2) is 0 Å². The van der Waals surface area contributed by atoms with Crippen molar-refractivity contribution < 1.29 is 9.53 Å². The summed E-state index contributed by atoms with van der Waals surface area (Å²) in [6, 6.07) is 0. The number of carbonyl (C=O) groups is 1. The maximum absolute atomic E-state index is 10.4. The van der Waals surface area contributed by atoms with Gasteiger partial charge in [-0.05, 0) is 5.41 Å². The number of thioether (sulfide) groups is 1. The van der Waals surface area contributed by atoms with Crippen LogP contribution in [-0.4, -0.2) is 29.9 Å². The Labute approximate surface area is 94.7 Å². The van der Waals surface area contributed by atoms with Gasteiger partial charge in [-0.15, -0.1) is 36.6 Å². The van der Waals surface area contributed by atoms with E-state index in [2.05, 4.69) is 4.90 Å². The molecule has 0 saturated heterocycles. The van der Waals surface area contributed by atoms with Crippen molar-refractivity contribution in [2.45, 2.75) is 6.92 Å². The highest BCUT2D eigenvalue weighted by Gasteiger charge is 2.03. The zero-order valence-electron chi connectivity index (χ0n) is 7.26. The number of halogens is 2. The van der Waals surface area contributed by atoms with Crippen LogP contribution in [0.3, 0.4) is 0 Å². The van der Waals surface area contributed by atoms with Crippen LogP contribution in [0.5, 0.6) is 0 Å². The van der Waals surface area contributed by atoms with Gasteiger partial charge in [0.05, 0.1) is 12.4 Å². The summed E-state index contributed by atoms with van der Waals surface area (Å²) in [6.07, 6.45) is 2.01. The lowest BCUT2D eigenvalue weighted by atomic mass is 10.6. The summed E-state index contributed by atoms with van der Waals surface area (Å²) < 4.78 is 4.78. The first-order chi connectivity index (χ1) is 5.29. The minimum Gasteiger partial charge on any atom is -0.464 e. The predicted octanol–water partition coefficient (Wildman–Crippen LogP) is 1.87. The minimum absolute atomic E-state index is 0. The van der Waals surface area contributed by atoms with Crippen LogP contribution in [0.25, 0.3) is 0 Å². The van der Waals surface area contributed by atoms with Crippen molar-refractivity contribution in [3.05, 3.63) is 11.6 Å². The SMILES string of the molecule is CC(=O)OCCN1C=CSC1.Cl.Cl. The molecular weight excluding hydrogens is 233 g/mol. The van der Waals surface area contributed by atoms with E-state index in [4.69, 9.17) is 4.74 Å². The van der Waals surface area contributed by atoms with Gasteiger partial charge >= 0.3 is 5.97 Å². The topological polar surface area (TPSA) is 29.5 Å². The van der Waals surface area contributed by atoms with Crippen molar-refractivity contribution in [1.29, 1.82) is 0 Å². The number of hydrogen-bond acceptors (Lipinski definition) is 4. The van der Waals surface area contributed by atoms with E-state index >= 15 is 0 Å². The van der Waals surface area contributed by atoms with Crippen LogP contribution < -0.4 is 0 Å². The molecule has 0 saturated carbocycles. The summed E-state index contributed by atoms with van der Waals surface area (Å²) in [7, 11) is 0. The van der Waals surface area contributed by atoms with Gasteiger partial charge in [0, 0.05) is 13.1 Å². The Bertz CT molecular complexity index is 178. The Kier molecular flexibility index (Phi) is 10.1. The van der Waals surface area contributed by atoms with Gasteiger partial charge in [0.25, 0.3) is 0 Å². The van der Waals surface area contributed by atoms with Gasteiger partial charge in [0.2, 0.25) is 0 Å². The van der Waals surface area contributed by atoms with Gasteiger partial charge in [0.1, 0.15) is 6.61 Å². The highest BCUT2D eigenvalue weighted by molar-refractivity contribution is 8.02. The lowest BCUT2D eigenvalue weighted by Gasteiger charge is -2.13. The van der Waals surface area contributed by atoms with E-state index in [-0.39, 0.29) is 30.8 Å². The Hall–Kier alpha value is -0.0600. The van der Waals surface area contributed by atoms with Crippen molar-refractivity contribution in [1.82, 2.24) is 4.90 Å². The van der Waals surface area contributed by atoms with Crippen LogP contribution in [0, 0.1) is 0 Å². The number of nitrogens with zero attached hydrogens (tertiary/aromatic N) is 1. The summed E-state index contributed by atoms with van der Waals surface area (Å²) in [5.41, 5.74) is 0. The minimum atomic E-state index is -0.208. The number of hydrogen-bond donors (Lipinski definition) is 0. The zero-order valence-corrected chi connectivity index (χ0v) is 9.71. The van der Waals surface area contributed by atoms with Crippen LogP contribution >= 0.6 is 36.6 Å². The molecule has 1 heterocycles. The van der Waals surface area contributed by atoms with Crippen molar-refractivity contribution >= 4 is 42.5 Å². The average Bonchev–Trinajstić information content (AvgIpc) is 2.39. The number of carbonyl (C=O) groups excluding carboxylic acids is 1. The molecule has 0 amide bonds. The normalized spacial score (nSPS) is 13.2. The molecule has 1 aliphatic rings. The molecule has 0 aromatic rings. The number of rotatable bonds is 3. The molecule has 0 atom stereocenters. The first-order valence-electron chi connectivity index (χ1n) is 3.45. The lowest BCUT2D eigenvalue weighted by molar-refractivity contribution is -0.141. The molecule has 0 aromatic carbocycles. The Balaban J connectivity index is 0. The molecule has 13 heavy (non-hydrogen) atoms. The standard InChI is InChI=1S/C7H11NO2S.2ClH/c1-7(9)10-4-2-8-3-5-11-6-8;;/h3,5H,2,4,6H2,1H3;2*1H. The second-order valence-corrected chi connectivity index (χ2v) is 3.10. The van der Waals surface area contributed by atoms with Gasteiger partial charge in [0.15, 0.2) is 0 Å². The molecule has 0 fully saturated rings. The third-order valence-corrected chi connectivity index (χ3v) is 2.09. The maximum atomic E-state index is 10.4. The van der Waals surface area contributed by atoms with E-state index < -0.39 is 0 Å². The smallest absolute Gasteiger partial charge is 0.302 e. The van der Waals surface area contributed by atoms with Crippen LogP contribution in [0.1, 0.15) is 6.92 Å². The van der Waals surface area contributed by atoms with Gasteiger partial charge in [-0.1, -0.05) is 0 Å². The Morgan fingerprint density at radius 1 is 1.62 bits per heavy atom. The van der Waals surface area contributed by atoms with Crippen molar-refractivity contribution in [2.24, 2.45) is 0 Å².